The Morgan fingerprint density at radius 2 is 1.07 bits per heavy atom. The Hall–Kier alpha value is -4.77. The van der Waals surface area contributed by atoms with Crippen LogP contribution in [0.5, 0.6) is 23.0 Å². The van der Waals surface area contributed by atoms with Crippen LogP contribution >= 0.6 is 34.2 Å². The van der Waals surface area contributed by atoms with E-state index in [9.17, 15) is 34.7 Å². The topological polar surface area (TPSA) is 166 Å². The van der Waals surface area contributed by atoms with Crippen molar-refractivity contribution in [2.75, 3.05) is 28.4 Å². The van der Waals surface area contributed by atoms with Crippen molar-refractivity contribution < 1.29 is 38.1 Å². The van der Waals surface area contributed by atoms with Crippen LogP contribution in [0.2, 0.25) is 5.02 Å². The van der Waals surface area contributed by atoms with Gasteiger partial charge in [-0.1, -0.05) is 35.9 Å². The summed E-state index contributed by atoms with van der Waals surface area (Å²) in [5, 5.41) is 31.0. The molecule has 44 heavy (non-hydrogen) atoms. The zero-order chi connectivity index (χ0) is 33.2. The van der Waals surface area contributed by atoms with E-state index < -0.39 is 20.6 Å². The smallest absolute Gasteiger partial charge is 0.310 e. The predicted molar refractivity (Wildman–Crippen MR) is 170 cm³/mol. The number of nitro benzene ring substituents is 3. The normalized spacial score (nSPS) is 9.34. The summed E-state index contributed by atoms with van der Waals surface area (Å²) >= 11 is 7.88. The lowest BCUT2D eigenvalue weighted by molar-refractivity contribution is -0.385. The minimum absolute atomic E-state index is 0.000556. The van der Waals surface area contributed by atoms with Crippen molar-refractivity contribution in [1.29, 1.82) is 0 Å². The fraction of sp³-hybridized carbons (Fsp3) is 0.143. The standard InChI is InChI=1S/C7H6ClNO3.C7H6FNO3.C7H7IO.C7H7NO3/c2*1-12-7-3-2-5(9(10)11)4-6(7)8;1-9-7-5-3-2-4-6(7)8;1-11-7-5-3-2-4-6(7)8(9)10/h2*2-4H,1H3;2-5H,1H3;2-5H,1H3. The Kier molecular flexibility index (Phi) is 16.4. The van der Waals surface area contributed by atoms with Gasteiger partial charge in [0.1, 0.15) is 11.5 Å². The lowest BCUT2D eigenvalue weighted by atomic mass is 10.3. The van der Waals surface area contributed by atoms with E-state index in [0.717, 1.165) is 15.4 Å². The fourth-order valence-electron chi connectivity index (χ4n) is 2.93. The average molecular weight is 746 g/mol. The first-order valence-electron chi connectivity index (χ1n) is 11.9. The number of nitrogens with zero attached hydrogens (tertiary/aromatic N) is 3. The number of nitro groups is 3. The van der Waals surface area contributed by atoms with Crippen LogP contribution in [-0.2, 0) is 0 Å². The summed E-state index contributed by atoms with van der Waals surface area (Å²) in [7, 11) is 5.83. The number of methoxy groups -OCH3 is 4. The Balaban J connectivity index is 0.000000295. The van der Waals surface area contributed by atoms with Crippen molar-refractivity contribution in [3.8, 4) is 23.0 Å². The quantitative estimate of drug-likeness (QED) is 0.103. The zero-order valence-corrected chi connectivity index (χ0v) is 26.6. The third-order valence-electron chi connectivity index (χ3n) is 5.03. The van der Waals surface area contributed by atoms with Gasteiger partial charge in [-0.2, -0.15) is 0 Å². The van der Waals surface area contributed by atoms with Gasteiger partial charge in [0, 0.05) is 24.3 Å². The minimum Gasteiger partial charge on any atom is -0.496 e. The van der Waals surface area contributed by atoms with Gasteiger partial charge in [-0.15, -0.1) is 0 Å². The van der Waals surface area contributed by atoms with Crippen LogP contribution in [0, 0.1) is 39.7 Å². The van der Waals surface area contributed by atoms with E-state index in [0.29, 0.717) is 5.75 Å². The number of ether oxygens (including phenoxy) is 4. The molecule has 0 N–H and O–H groups in total. The second kappa shape index (κ2) is 19.4. The average Bonchev–Trinajstić information content (AvgIpc) is 3.02. The van der Waals surface area contributed by atoms with Crippen molar-refractivity contribution in [3.63, 3.8) is 0 Å². The molecule has 0 radical (unpaired) electrons. The molecule has 0 unspecified atom stereocenters. The molecule has 0 aliphatic rings. The Labute approximate surface area is 269 Å². The molecule has 0 aliphatic carbocycles. The third kappa shape index (κ3) is 12.2. The first-order chi connectivity index (χ1) is 20.9. The molecule has 0 bridgehead atoms. The molecule has 16 heteroatoms. The highest BCUT2D eigenvalue weighted by Crippen LogP contribution is 2.28. The van der Waals surface area contributed by atoms with Gasteiger partial charge in [-0.3, -0.25) is 30.3 Å². The monoisotopic (exact) mass is 745 g/mol. The maximum atomic E-state index is 12.8. The maximum absolute atomic E-state index is 12.8. The fourth-order valence-corrected chi connectivity index (χ4v) is 3.79. The van der Waals surface area contributed by atoms with Crippen molar-refractivity contribution in [2.24, 2.45) is 0 Å². The zero-order valence-electron chi connectivity index (χ0n) is 23.6. The van der Waals surface area contributed by atoms with Crippen molar-refractivity contribution in [3.05, 3.63) is 130 Å². The van der Waals surface area contributed by atoms with Crippen LogP contribution in [0.25, 0.3) is 0 Å². The number of non-ortho nitro benzene ring substituents is 2. The van der Waals surface area contributed by atoms with Crippen LogP contribution in [0.4, 0.5) is 21.5 Å². The van der Waals surface area contributed by atoms with Crippen LogP contribution in [0.15, 0.2) is 84.9 Å². The van der Waals surface area contributed by atoms with E-state index >= 15 is 0 Å². The van der Waals surface area contributed by atoms with Gasteiger partial charge in [0.25, 0.3) is 11.4 Å². The first-order valence-corrected chi connectivity index (χ1v) is 13.4. The molecule has 0 aromatic heterocycles. The molecule has 0 amide bonds. The molecular weight excluding hydrogens is 720 g/mol. The van der Waals surface area contributed by atoms with Gasteiger partial charge in [0.2, 0.25) is 0 Å². The number of rotatable bonds is 7. The molecule has 0 heterocycles. The molecule has 0 aliphatic heterocycles. The van der Waals surface area contributed by atoms with Gasteiger partial charge in [-0.05, 0) is 52.9 Å². The highest BCUT2D eigenvalue weighted by atomic mass is 127. The van der Waals surface area contributed by atoms with Gasteiger partial charge in [0.05, 0.1) is 57.9 Å². The summed E-state index contributed by atoms with van der Waals surface area (Å²) in [5.74, 6) is 0.935. The molecular formula is C28H26ClFIN3O10. The third-order valence-corrected chi connectivity index (χ3v) is 6.22. The summed E-state index contributed by atoms with van der Waals surface area (Å²) in [6.07, 6.45) is 0. The highest BCUT2D eigenvalue weighted by molar-refractivity contribution is 14.1. The number of para-hydroxylation sites is 3. The molecule has 0 atom stereocenters. The Morgan fingerprint density at radius 1 is 0.614 bits per heavy atom. The Morgan fingerprint density at radius 3 is 1.45 bits per heavy atom. The van der Waals surface area contributed by atoms with Crippen LogP contribution < -0.4 is 18.9 Å². The van der Waals surface area contributed by atoms with Gasteiger partial charge >= 0.3 is 5.69 Å². The molecule has 4 rings (SSSR count). The SMILES string of the molecule is COc1ccc([N+](=O)[O-])cc1Cl.COc1ccc([N+](=O)[O-])cc1F.COc1ccccc1I.COc1ccccc1[N+](=O)[O-]. The first kappa shape index (κ1) is 37.3. The highest BCUT2D eigenvalue weighted by Gasteiger charge is 2.12. The van der Waals surface area contributed by atoms with E-state index in [1.165, 1.54) is 57.7 Å². The number of halogens is 3. The molecule has 4 aromatic carbocycles. The summed E-state index contributed by atoms with van der Waals surface area (Å²) < 4.78 is 33.1. The molecule has 234 valence electrons. The van der Waals surface area contributed by atoms with Gasteiger partial charge < -0.3 is 18.9 Å². The predicted octanol–water partition coefficient (Wildman–Crippen LogP) is 7.90. The van der Waals surface area contributed by atoms with E-state index in [4.69, 9.17) is 25.8 Å². The van der Waals surface area contributed by atoms with Gasteiger partial charge in [0.15, 0.2) is 17.3 Å². The summed E-state index contributed by atoms with van der Waals surface area (Å²) in [6.45, 7) is 0. The number of hydrogen-bond acceptors (Lipinski definition) is 10. The van der Waals surface area contributed by atoms with Crippen molar-refractivity contribution in [1.82, 2.24) is 0 Å². The molecule has 0 saturated heterocycles. The molecule has 0 spiro atoms. The molecule has 13 nitrogen and oxygen atoms in total. The number of benzene rings is 4. The largest absolute Gasteiger partial charge is 0.496 e. The lowest BCUT2D eigenvalue weighted by Gasteiger charge is -2.00. The van der Waals surface area contributed by atoms with E-state index in [-0.39, 0.29) is 33.6 Å². The minimum atomic E-state index is -0.730. The molecule has 0 fully saturated rings. The van der Waals surface area contributed by atoms with E-state index in [1.807, 2.05) is 24.3 Å². The number of hydrogen-bond donors (Lipinski definition) is 0. The summed E-state index contributed by atoms with van der Waals surface area (Å²) in [5.41, 5.74) is -0.330. The van der Waals surface area contributed by atoms with E-state index in [2.05, 4.69) is 27.3 Å². The molecule has 4 aromatic rings. The Bertz CT molecular complexity index is 1500. The maximum Gasteiger partial charge on any atom is 0.310 e. The molecule has 0 saturated carbocycles. The lowest BCUT2D eigenvalue weighted by Crippen LogP contribution is -1.92. The van der Waals surface area contributed by atoms with E-state index in [1.54, 1.807) is 25.3 Å². The summed E-state index contributed by atoms with van der Waals surface area (Å²) in [4.78, 5) is 29.1. The van der Waals surface area contributed by atoms with Crippen molar-refractivity contribution in [2.45, 2.75) is 0 Å². The van der Waals surface area contributed by atoms with Crippen LogP contribution in [0.3, 0.4) is 0 Å². The summed E-state index contributed by atoms with van der Waals surface area (Å²) in [6, 6.07) is 21.4. The second-order valence-electron chi connectivity index (χ2n) is 7.72. The van der Waals surface area contributed by atoms with Crippen molar-refractivity contribution >= 4 is 51.3 Å². The van der Waals surface area contributed by atoms with Crippen LogP contribution in [0.1, 0.15) is 0 Å². The second-order valence-corrected chi connectivity index (χ2v) is 9.28. The van der Waals surface area contributed by atoms with Crippen LogP contribution in [-0.4, -0.2) is 43.2 Å². The van der Waals surface area contributed by atoms with Gasteiger partial charge in [-0.25, -0.2) is 4.39 Å².